The lowest BCUT2D eigenvalue weighted by molar-refractivity contribution is -0.145. The second-order valence-electron chi connectivity index (χ2n) is 12.5. The second kappa shape index (κ2) is 14.2. The van der Waals surface area contributed by atoms with Gasteiger partial charge in [-0.1, -0.05) is 41.9 Å². The summed E-state index contributed by atoms with van der Waals surface area (Å²) in [5.41, 5.74) is -0.0835. The molecule has 3 fully saturated rings. The predicted octanol–water partition coefficient (Wildman–Crippen LogP) is 4.60. The van der Waals surface area contributed by atoms with Crippen LogP contribution >= 0.6 is 15.9 Å². The van der Waals surface area contributed by atoms with Gasteiger partial charge < -0.3 is 34.0 Å². The summed E-state index contributed by atoms with van der Waals surface area (Å²) < 4.78 is 17.7. The Bertz CT molecular complexity index is 1480. The van der Waals surface area contributed by atoms with Crippen molar-refractivity contribution in [1.82, 2.24) is 4.90 Å². The van der Waals surface area contributed by atoms with Gasteiger partial charge in [-0.05, 0) is 67.8 Å². The van der Waals surface area contributed by atoms with E-state index < -0.39 is 35.6 Å². The Morgan fingerprint density at radius 3 is 2.09 bits per heavy atom. The molecular formula is C36H44BrN3O7. The maximum Gasteiger partial charge on any atom is 0.253 e. The molecule has 11 heteroatoms. The highest BCUT2D eigenvalue weighted by molar-refractivity contribution is 9.09. The number of ether oxygens (including phenoxy) is 3. The number of rotatable bonds is 14. The fourth-order valence-electron chi connectivity index (χ4n) is 7.49. The van der Waals surface area contributed by atoms with Crippen LogP contribution in [-0.2, 0) is 19.1 Å². The summed E-state index contributed by atoms with van der Waals surface area (Å²) in [7, 11) is 1.57. The Morgan fingerprint density at radius 2 is 1.60 bits per heavy atom. The molecule has 3 unspecified atom stereocenters. The van der Waals surface area contributed by atoms with E-state index in [1.54, 1.807) is 77.6 Å². The average Bonchev–Trinajstić information content (AvgIpc) is 3.66. The van der Waals surface area contributed by atoms with Crippen molar-refractivity contribution in [2.45, 2.75) is 55.8 Å². The van der Waals surface area contributed by atoms with Crippen LogP contribution in [0.25, 0.3) is 0 Å². The summed E-state index contributed by atoms with van der Waals surface area (Å²) in [4.78, 5) is 48.7. The van der Waals surface area contributed by atoms with Crippen molar-refractivity contribution in [1.29, 1.82) is 0 Å². The molecule has 3 heterocycles. The molecule has 2 aromatic carbocycles. The molecule has 252 valence electrons. The van der Waals surface area contributed by atoms with Crippen molar-refractivity contribution >= 4 is 45.0 Å². The number of methoxy groups -OCH3 is 1. The van der Waals surface area contributed by atoms with Gasteiger partial charge >= 0.3 is 0 Å². The molecular weight excluding hydrogens is 666 g/mol. The van der Waals surface area contributed by atoms with Crippen molar-refractivity contribution in [3.63, 3.8) is 0 Å². The Hall–Kier alpha value is -3.67. The summed E-state index contributed by atoms with van der Waals surface area (Å²) in [5.74, 6) is -1.72. The van der Waals surface area contributed by atoms with Crippen LogP contribution in [0.4, 0.5) is 11.4 Å². The number of aliphatic hydroxyl groups excluding tert-OH is 1. The minimum atomic E-state index is -1.31. The smallest absolute Gasteiger partial charge is 0.253 e. The summed E-state index contributed by atoms with van der Waals surface area (Å²) in [6.07, 6.45) is 2.96. The first kappa shape index (κ1) is 34.7. The molecule has 47 heavy (non-hydrogen) atoms. The number of amides is 3. The number of carbonyl (C=O) groups is 3. The third kappa shape index (κ3) is 5.98. The standard InChI is InChI=1S/C36H44BrN3O7/c1-7-18-38(23-12-16-26(17-13-23)46-9-3)33(42)29-30-34(43)40(28(21-41)22(4)5)32(36(30)20-27(37)31(29)47-36)35(44)39(19-8-2)24-10-14-25(45-6)15-11-24/h7-8,10-17,22,27-32,41H,1-2,9,18-21H2,3-6H3/t27?,28-,29-,30-,31-,32?,36?/m0/s1. The maximum absolute atomic E-state index is 14.9. The van der Waals surface area contributed by atoms with Crippen LogP contribution in [0.5, 0.6) is 11.5 Å². The summed E-state index contributed by atoms with van der Waals surface area (Å²) in [6, 6.07) is 12.5. The third-order valence-corrected chi connectivity index (χ3v) is 10.4. The molecule has 2 bridgehead atoms. The Labute approximate surface area is 285 Å². The predicted molar refractivity (Wildman–Crippen MR) is 184 cm³/mol. The molecule has 3 saturated heterocycles. The number of fused-ring (bicyclic) bond motifs is 1. The lowest BCUT2D eigenvalue weighted by Gasteiger charge is -2.40. The van der Waals surface area contributed by atoms with Gasteiger partial charge in [0, 0.05) is 29.3 Å². The first-order valence-corrected chi connectivity index (χ1v) is 17.0. The van der Waals surface area contributed by atoms with Gasteiger partial charge in [-0.2, -0.15) is 0 Å². The van der Waals surface area contributed by atoms with Crippen LogP contribution in [0.15, 0.2) is 73.8 Å². The summed E-state index contributed by atoms with van der Waals surface area (Å²) in [5, 5.41) is 10.6. The Morgan fingerprint density at radius 1 is 1.04 bits per heavy atom. The molecule has 5 rings (SSSR count). The highest BCUT2D eigenvalue weighted by atomic mass is 79.9. The number of halogens is 1. The van der Waals surface area contributed by atoms with Gasteiger partial charge in [0.25, 0.3) is 5.91 Å². The monoisotopic (exact) mass is 709 g/mol. The Balaban J connectivity index is 1.60. The van der Waals surface area contributed by atoms with E-state index in [1.807, 2.05) is 20.8 Å². The zero-order valence-electron chi connectivity index (χ0n) is 27.4. The highest BCUT2D eigenvalue weighted by Gasteiger charge is 2.77. The molecule has 1 spiro atoms. The van der Waals surface area contributed by atoms with Gasteiger partial charge in [0.2, 0.25) is 11.8 Å². The van der Waals surface area contributed by atoms with Crippen LogP contribution in [0.2, 0.25) is 0 Å². The lowest BCUT2D eigenvalue weighted by atomic mass is 9.70. The van der Waals surface area contributed by atoms with Crippen LogP contribution < -0.4 is 19.3 Å². The van der Waals surface area contributed by atoms with Gasteiger partial charge in [-0.25, -0.2) is 0 Å². The third-order valence-electron chi connectivity index (χ3n) is 9.56. The van der Waals surface area contributed by atoms with Crippen LogP contribution in [0.1, 0.15) is 27.2 Å². The molecule has 7 atom stereocenters. The first-order valence-electron chi connectivity index (χ1n) is 16.0. The van der Waals surface area contributed by atoms with E-state index in [9.17, 15) is 19.5 Å². The number of likely N-dealkylation sites (tertiary alicyclic amines) is 1. The largest absolute Gasteiger partial charge is 0.497 e. The van der Waals surface area contributed by atoms with Crippen molar-refractivity contribution in [3.05, 3.63) is 73.8 Å². The van der Waals surface area contributed by atoms with Gasteiger partial charge in [-0.3, -0.25) is 14.4 Å². The normalized spacial score (nSPS) is 26.6. The topological polar surface area (TPSA) is 109 Å². The van der Waals surface area contributed by atoms with Crippen molar-refractivity contribution in [3.8, 4) is 11.5 Å². The first-order chi connectivity index (χ1) is 22.6. The second-order valence-corrected chi connectivity index (χ2v) is 13.7. The average molecular weight is 711 g/mol. The minimum Gasteiger partial charge on any atom is -0.497 e. The quantitative estimate of drug-likeness (QED) is 0.226. The van der Waals surface area contributed by atoms with Gasteiger partial charge in [-0.15, -0.1) is 13.2 Å². The molecule has 3 aliphatic heterocycles. The summed E-state index contributed by atoms with van der Waals surface area (Å²) >= 11 is 3.77. The fraction of sp³-hybridized carbons (Fsp3) is 0.472. The highest BCUT2D eigenvalue weighted by Crippen LogP contribution is 2.61. The van der Waals surface area contributed by atoms with Gasteiger partial charge in [0.05, 0.1) is 44.3 Å². The van der Waals surface area contributed by atoms with Gasteiger partial charge in [0.15, 0.2) is 0 Å². The zero-order valence-corrected chi connectivity index (χ0v) is 29.0. The van der Waals surface area contributed by atoms with E-state index in [0.717, 1.165) is 0 Å². The van der Waals surface area contributed by atoms with E-state index in [-0.39, 0.29) is 48.2 Å². The SMILES string of the molecule is C=CCN(C(=O)C1N([C@@H](CO)C(C)C)C(=O)[C@@H]2[C@H](C(=O)N(CC=C)c3ccc(OCC)cc3)[C@H]3OC12CC3Br)c1ccc(OC)cc1. The number of hydrogen-bond acceptors (Lipinski definition) is 7. The van der Waals surface area contributed by atoms with Crippen molar-refractivity contribution in [2.24, 2.45) is 17.8 Å². The molecule has 0 aromatic heterocycles. The van der Waals surface area contributed by atoms with E-state index in [0.29, 0.717) is 35.9 Å². The Kier molecular flexibility index (Phi) is 10.5. The molecule has 1 N–H and O–H groups in total. The van der Waals surface area contributed by atoms with Gasteiger partial charge in [0.1, 0.15) is 23.1 Å². The molecule has 3 aliphatic rings. The number of alkyl halides is 1. The van der Waals surface area contributed by atoms with Crippen LogP contribution in [0.3, 0.4) is 0 Å². The number of aliphatic hydroxyl groups is 1. The van der Waals surface area contributed by atoms with Crippen LogP contribution in [0, 0.1) is 17.8 Å². The number of hydrogen-bond donors (Lipinski definition) is 1. The molecule has 0 radical (unpaired) electrons. The molecule has 10 nitrogen and oxygen atoms in total. The molecule has 0 aliphatic carbocycles. The number of nitrogens with zero attached hydrogens (tertiary/aromatic N) is 3. The number of anilines is 2. The number of benzene rings is 2. The fourth-order valence-corrected chi connectivity index (χ4v) is 8.43. The molecule has 3 amide bonds. The van der Waals surface area contributed by atoms with Crippen LogP contribution in [-0.4, -0.2) is 89.8 Å². The minimum absolute atomic E-state index is 0.171. The molecule has 2 aromatic rings. The maximum atomic E-state index is 14.9. The van der Waals surface area contributed by atoms with E-state index in [1.165, 1.54) is 4.90 Å². The summed E-state index contributed by atoms with van der Waals surface area (Å²) in [6.45, 7) is 14.0. The van der Waals surface area contributed by atoms with Crippen molar-refractivity contribution < 1.29 is 33.7 Å². The zero-order chi connectivity index (χ0) is 34.0. The number of carbonyl (C=O) groups excluding carboxylic acids is 3. The lowest BCUT2D eigenvalue weighted by Crippen LogP contribution is -2.60. The van der Waals surface area contributed by atoms with E-state index in [2.05, 4.69) is 29.1 Å². The van der Waals surface area contributed by atoms with E-state index >= 15 is 0 Å². The van der Waals surface area contributed by atoms with E-state index in [4.69, 9.17) is 14.2 Å². The van der Waals surface area contributed by atoms with Crippen molar-refractivity contribution in [2.75, 3.05) is 43.2 Å². The molecule has 0 saturated carbocycles.